The molecular formula is C21H22N4O3. The van der Waals surface area contributed by atoms with E-state index in [4.69, 9.17) is 5.84 Å². The van der Waals surface area contributed by atoms with E-state index in [2.05, 4.69) is 20.1 Å². The number of amides is 1. The number of nitrogens with one attached hydrogen (secondary N) is 3. The number of aromatic amines is 2. The monoisotopic (exact) mass is 378 g/mol. The number of nitrogens with two attached hydrogens (primary N) is 1. The standard InChI is InChI=1S/C11H11NO2.C10H11N3O/c1-14-11(13)6-8-7-12-10-5-3-2-4-9(8)10;11-13-10(14)5-7-6-12-9-4-2-1-3-8(7)9/h2-5,7,12H,6H2,1H3;1-4,6,12H,5,11H2,(H,13,14). The first-order valence-corrected chi connectivity index (χ1v) is 8.78. The van der Waals surface area contributed by atoms with Crippen LogP contribution in [0.25, 0.3) is 21.8 Å². The summed E-state index contributed by atoms with van der Waals surface area (Å²) in [6, 6.07) is 15.7. The van der Waals surface area contributed by atoms with Gasteiger partial charge in [0.1, 0.15) is 0 Å². The Labute approximate surface area is 161 Å². The summed E-state index contributed by atoms with van der Waals surface area (Å²) in [5.41, 5.74) is 6.14. The van der Waals surface area contributed by atoms with Gasteiger partial charge < -0.3 is 14.7 Å². The van der Waals surface area contributed by atoms with E-state index in [9.17, 15) is 9.59 Å². The van der Waals surface area contributed by atoms with Crippen LogP contribution in [0.1, 0.15) is 11.1 Å². The maximum absolute atomic E-state index is 11.1. The van der Waals surface area contributed by atoms with Crippen molar-refractivity contribution in [3.05, 3.63) is 72.1 Å². The third-order valence-corrected chi connectivity index (χ3v) is 4.42. The van der Waals surface area contributed by atoms with Crippen molar-refractivity contribution in [1.29, 1.82) is 0 Å². The van der Waals surface area contributed by atoms with Gasteiger partial charge in [0.2, 0.25) is 5.91 Å². The van der Waals surface area contributed by atoms with E-state index < -0.39 is 0 Å². The zero-order valence-corrected chi connectivity index (χ0v) is 15.5. The number of H-pyrrole nitrogens is 2. The normalized spacial score (nSPS) is 10.4. The molecule has 2 aromatic carbocycles. The molecule has 1 amide bonds. The number of hydrogen-bond acceptors (Lipinski definition) is 4. The molecule has 0 aliphatic rings. The Morgan fingerprint density at radius 2 is 1.39 bits per heavy atom. The molecule has 0 radical (unpaired) electrons. The fourth-order valence-electron chi connectivity index (χ4n) is 3.01. The number of carbonyl (C=O) groups excluding carboxylic acids is 2. The number of hydrazine groups is 1. The third kappa shape index (κ3) is 4.39. The van der Waals surface area contributed by atoms with Crippen LogP contribution in [0.15, 0.2) is 60.9 Å². The highest BCUT2D eigenvalue weighted by Crippen LogP contribution is 2.18. The third-order valence-electron chi connectivity index (χ3n) is 4.42. The number of aromatic nitrogens is 2. The van der Waals surface area contributed by atoms with Gasteiger partial charge in [-0.05, 0) is 23.3 Å². The fourth-order valence-corrected chi connectivity index (χ4v) is 3.01. The van der Waals surface area contributed by atoms with Crippen LogP contribution in [-0.2, 0) is 27.2 Å². The number of benzene rings is 2. The highest BCUT2D eigenvalue weighted by atomic mass is 16.5. The lowest BCUT2D eigenvalue weighted by atomic mass is 10.1. The Hall–Kier alpha value is -3.58. The minimum atomic E-state index is -0.213. The molecule has 0 fully saturated rings. The van der Waals surface area contributed by atoms with Gasteiger partial charge in [-0.2, -0.15) is 0 Å². The average Bonchev–Trinajstić information content (AvgIpc) is 3.33. The fraction of sp³-hybridized carbons (Fsp3) is 0.143. The maximum atomic E-state index is 11.1. The van der Waals surface area contributed by atoms with Crippen molar-refractivity contribution in [2.45, 2.75) is 12.8 Å². The van der Waals surface area contributed by atoms with E-state index in [0.29, 0.717) is 12.8 Å². The van der Waals surface area contributed by atoms with Crippen molar-refractivity contribution in [2.24, 2.45) is 5.84 Å². The Bertz CT molecular complexity index is 1010. The molecule has 0 spiro atoms. The van der Waals surface area contributed by atoms with Crippen molar-refractivity contribution in [3.8, 4) is 0 Å². The molecule has 2 aromatic heterocycles. The van der Waals surface area contributed by atoms with Crippen molar-refractivity contribution in [2.75, 3.05) is 7.11 Å². The summed E-state index contributed by atoms with van der Waals surface area (Å²) >= 11 is 0. The average molecular weight is 378 g/mol. The van der Waals surface area contributed by atoms with E-state index in [-0.39, 0.29) is 11.9 Å². The SMILES string of the molecule is COC(=O)Cc1c[nH]c2ccccc12.NNC(=O)Cc1c[nH]c2ccccc12. The van der Waals surface area contributed by atoms with Gasteiger partial charge in [0, 0.05) is 34.2 Å². The molecule has 0 aliphatic heterocycles. The van der Waals surface area contributed by atoms with Gasteiger partial charge in [0.15, 0.2) is 0 Å². The van der Waals surface area contributed by atoms with Crippen LogP contribution in [0.5, 0.6) is 0 Å². The lowest BCUT2D eigenvalue weighted by Gasteiger charge is -1.97. The predicted octanol–water partition coefficient (Wildman–Crippen LogP) is 2.58. The molecule has 0 atom stereocenters. The number of carbonyl (C=O) groups is 2. The summed E-state index contributed by atoms with van der Waals surface area (Å²) < 4.78 is 4.62. The first-order valence-electron chi connectivity index (χ1n) is 8.78. The lowest BCUT2D eigenvalue weighted by Crippen LogP contribution is -2.31. The second-order valence-electron chi connectivity index (χ2n) is 6.22. The van der Waals surface area contributed by atoms with Gasteiger partial charge >= 0.3 is 5.97 Å². The summed E-state index contributed by atoms with van der Waals surface area (Å²) in [4.78, 5) is 28.4. The van der Waals surface area contributed by atoms with Crippen molar-refractivity contribution < 1.29 is 14.3 Å². The molecule has 0 bridgehead atoms. The topological polar surface area (TPSA) is 113 Å². The van der Waals surface area contributed by atoms with Crippen molar-refractivity contribution in [1.82, 2.24) is 15.4 Å². The molecule has 7 heteroatoms. The second kappa shape index (κ2) is 8.88. The predicted molar refractivity (Wildman–Crippen MR) is 108 cm³/mol. The summed E-state index contributed by atoms with van der Waals surface area (Å²) in [6.07, 6.45) is 4.31. The van der Waals surface area contributed by atoms with E-state index >= 15 is 0 Å². The van der Waals surface area contributed by atoms with Crippen LogP contribution < -0.4 is 11.3 Å². The number of fused-ring (bicyclic) bond motifs is 2. The summed E-state index contributed by atoms with van der Waals surface area (Å²) in [5.74, 6) is 4.62. The first-order chi connectivity index (χ1) is 13.6. The van der Waals surface area contributed by atoms with Gasteiger partial charge in [0.05, 0.1) is 20.0 Å². The molecule has 0 saturated heterocycles. The Morgan fingerprint density at radius 1 is 0.893 bits per heavy atom. The maximum Gasteiger partial charge on any atom is 0.310 e. The molecule has 28 heavy (non-hydrogen) atoms. The smallest absolute Gasteiger partial charge is 0.310 e. The zero-order chi connectivity index (χ0) is 19.9. The van der Waals surface area contributed by atoms with Gasteiger partial charge in [-0.15, -0.1) is 0 Å². The Balaban J connectivity index is 0.000000161. The molecule has 4 aromatic rings. The van der Waals surface area contributed by atoms with Crippen LogP contribution >= 0.6 is 0 Å². The Morgan fingerprint density at radius 3 is 1.89 bits per heavy atom. The quantitative estimate of drug-likeness (QED) is 0.189. The molecule has 2 heterocycles. The van der Waals surface area contributed by atoms with Gasteiger partial charge in [-0.3, -0.25) is 15.0 Å². The molecular weight excluding hydrogens is 356 g/mol. The Kier molecular flexibility index (Phi) is 6.08. The lowest BCUT2D eigenvalue weighted by molar-refractivity contribution is -0.139. The van der Waals surface area contributed by atoms with Crippen LogP contribution in [0.2, 0.25) is 0 Å². The van der Waals surface area contributed by atoms with Gasteiger partial charge in [-0.1, -0.05) is 36.4 Å². The van der Waals surface area contributed by atoms with Crippen molar-refractivity contribution >= 4 is 33.7 Å². The second-order valence-corrected chi connectivity index (χ2v) is 6.22. The number of esters is 1. The number of rotatable bonds is 4. The van der Waals surface area contributed by atoms with E-state index in [1.54, 1.807) is 0 Å². The summed E-state index contributed by atoms with van der Waals surface area (Å²) in [5, 5.41) is 2.15. The van der Waals surface area contributed by atoms with Crippen molar-refractivity contribution in [3.63, 3.8) is 0 Å². The summed E-state index contributed by atoms with van der Waals surface area (Å²) in [6.45, 7) is 0. The van der Waals surface area contributed by atoms with Gasteiger partial charge in [-0.25, -0.2) is 5.84 Å². The van der Waals surface area contributed by atoms with E-state index in [1.165, 1.54) is 7.11 Å². The summed E-state index contributed by atoms with van der Waals surface area (Å²) in [7, 11) is 1.40. The van der Waals surface area contributed by atoms with E-state index in [1.807, 2.05) is 60.9 Å². The first kappa shape index (κ1) is 19.2. The molecule has 0 saturated carbocycles. The molecule has 0 aliphatic carbocycles. The minimum absolute atomic E-state index is 0.185. The molecule has 7 nitrogen and oxygen atoms in total. The highest BCUT2D eigenvalue weighted by molar-refractivity contribution is 5.89. The highest BCUT2D eigenvalue weighted by Gasteiger charge is 2.08. The van der Waals surface area contributed by atoms with Crippen LogP contribution in [-0.4, -0.2) is 29.0 Å². The largest absolute Gasteiger partial charge is 0.469 e. The van der Waals surface area contributed by atoms with Crippen LogP contribution in [0.3, 0.4) is 0 Å². The molecule has 0 unspecified atom stereocenters. The van der Waals surface area contributed by atoms with Crippen LogP contribution in [0, 0.1) is 0 Å². The number of para-hydroxylation sites is 2. The minimum Gasteiger partial charge on any atom is -0.469 e. The van der Waals surface area contributed by atoms with Crippen LogP contribution in [0.4, 0.5) is 0 Å². The molecule has 4 rings (SSSR count). The number of ether oxygens (including phenoxy) is 1. The van der Waals surface area contributed by atoms with Gasteiger partial charge in [0.25, 0.3) is 0 Å². The molecule has 5 N–H and O–H groups in total. The van der Waals surface area contributed by atoms with E-state index in [0.717, 1.165) is 32.9 Å². The number of methoxy groups -OCH3 is 1. The molecule has 144 valence electrons. The zero-order valence-electron chi connectivity index (χ0n) is 15.5. The number of hydrogen-bond donors (Lipinski definition) is 4.